The smallest absolute Gasteiger partial charge is 0.183 e. The summed E-state index contributed by atoms with van der Waals surface area (Å²) < 4.78 is 11.4. The number of ether oxygens (including phenoxy) is 2. The Hall–Kier alpha value is -1.08. The fourth-order valence-corrected chi connectivity index (χ4v) is 1.82. The average molecular weight is 328 g/mol. The first-order chi connectivity index (χ1) is 10.8. The van der Waals surface area contributed by atoms with Gasteiger partial charge >= 0.3 is 0 Å². The number of aliphatic hydroxyl groups is 1. The third kappa shape index (κ3) is 9.78. The van der Waals surface area contributed by atoms with Crippen molar-refractivity contribution in [1.82, 2.24) is 9.55 Å². The minimum absolute atomic E-state index is 0.380. The molecule has 0 aromatic carbocycles. The van der Waals surface area contributed by atoms with Gasteiger partial charge in [0.25, 0.3) is 0 Å². The number of methoxy groups -OCH3 is 1. The monoisotopic (exact) mass is 328 g/mol. The Balaban J connectivity index is 0.000000290. The van der Waals surface area contributed by atoms with Crippen LogP contribution in [-0.2, 0) is 9.47 Å². The van der Waals surface area contributed by atoms with E-state index in [-0.39, 0.29) is 6.29 Å². The third-order valence-corrected chi connectivity index (χ3v) is 3.04. The highest BCUT2D eigenvalue weighted by atomic mass is 32.1. The summed E-state index contributed by atoms with van der Waals surface area (Å²) in [7, 11) is 1.53. The highest BCUT2D eigenvalue weighted by Crippen LogP contribution is 2.12. The molecule has 1 aliphatic carbocycles. The summed E-state index contributed by atoms with van der Waals surface area (Å²) in [4.78, 5) is 3.76. The summed E-state index contributed by atoms with van der Waals surface area (Å²) >= 11 is 4.57. The van der Waals surface area contributed by atoms with E-state index in [9.17, 15) is 0 Å². The van der Waals surface area contributed by atoms with Crippen molar-refractivity contribution in [3.8, 4) is 0 Å². The molecule has 1 fully saturated rings. The lowest BCUT2D eigenvalue weighted by atomic mass is 10.3. The highest BCUT2D eigenvalue weighted by Gasteiger charge is 2.24. The van der Waals surface area contributed by atoms with Gasteiger partial charge in [-0.25, -0.2) is 4.98 Å². The molecule has 22 heavy (non-hydrogen) atoms. The van der Waals surface area contributed by atoms with Crippen molar-refractivity contribution >= 4 is 17.7 Å². The number of imidazole rings is 1. The van der Waals surface area contributed by atoms with E-state index >= 15 is 0 Å². The molecule has 0 bridgehead atoms. The summed E-state index contributed by atoms with van der Waals surface area (Å²) in [6.07, 6.45) is 13.5. The van der Waals surface area contributed by atoms with E-state index in [0.717, 1.165) is 0 Å². The predicted molar refractivity (Wildman–Crippen MR) is 93.0 cm³/mol. The molecular weight excluding hydrogens is 300 g/mol. The zero-order valence-corrected chi connectivity index (χ0v) is 14.5. The van der Waals surface area contributed by atoms with Gasteiger partial charge in [0.05, 0.1) is 18.4 Å². The van der Waals surface area contributed by atoms with Crippen LogP contribution in [0.15, 0.2) is 30.9 Å². The van der Waals surface area contributed by atoms with Gasteiger partial charge in [0.15, 0.2) is 6.29 Å². The fraction of sp³-hybridized carbons (Fsp3) is 0.625. The molecule has 1 aromatic rings. The van der Waals surface area contributed by atoms with Crippen molar-refractivity contribution in [3.63, 3.8) is 0 Å². The van der Waals surface area contributed by atoms with Crippen molar-refractivity contribution in [3.05, 3.63) is 30.9 Å². The standard InChI is InChI=1S/C5H10O3.C5H8.C4H4N2S.C2H6/c1-7-5-4(6)2-3-8-5;1-2-4-5-3-1;7-4-6-2-1-5-3-6;1-2/h4-6H,2-3H2,1H3;1-2H,3-5H2;1-4H;1-2H3. The molecule has 2 atom stereocenters. The van der Waals surface area contributed by atoms with E-state index in [1.807, 2.05) is 13.8 Å². The Labute approximate surface area is 139 Å². The van der Waals surface area contributed by atoms with E-state index in [2.05, 4.69) is 29.4 Å². The number of allylic oxidation sites excluding steroid dienone is 2. The maximum atomic E-state index is 8.94. The molecule has 0 saturated carbocycles. The number of aliphatic hydroxyl groups excluding tert-OH is 1. The molecule has 1 N–H and O–H groups in total. The first-order valence-electron chi connectivity index (χ1n) is 7.68. The van der Waals surface area contributed by atoms with Crippen LogP contribution >= 0.6 is 12.2 Å². The minimum atomic E-state index is -0.417. The van der Waals surface area contributed by atoms with Gasteiger partial charge in [-0.2, -0.15) is 0 Å². The highest BCUT2D eigenvalue weighted by molar-refractivity contribution is 7.78. The quantitative estimate of drug-likeness (QED) is 0.667. The van der Waals surface area contributed by atoms with Gasteiger partial charge in [-0.1, -0.05) is 38.2 Å². The molecule has 126 valence electrons. The minimum Gasteiger partial charge on any atom is -0.388 e. The molecule has 2 aliphatic rings. The van der Waals surface area contributed by atoms with Crippen molar-refractivity contribution in [1.29, 1.82) is 0 Å². The van der Waals surface area contributed by atoms with Crippen LogP contribution in [0.2, 0.25) is 0 Å². The largest absolute Gasteiger partial charge is 0.388 e. The number of thiocarbonyl (C=S) groups is 1. The second-order valence-electron chi connectivity index (χ2n) is 4.35. The van der Waals surface area contributed by atoms with Gasteiger partial charge < -0.3 is 19.1 Å². The van der Waals surface area contributed by atoms with E-state index in [1.165, 1.54) is 31.9 Å². The molecule has 6 heteroatoms. The molecule has 1 aromatic heterocycles. The van der Waals surface area contributed by atoms with E-state index in [1.54, 1.807) is 23.3 Å². The topological polar surface area (TPSA) is 56.5 Å². The third-order valence-electron chi connectivity index (χ3n) is 2.80. The summed E-state index contributed by atoms with van der Waals surface area (Å²) in [5, 5.41) is 8.94. The molecule has 3 rings (SSSR count). The SMILES string of the molecule is C1=CCCC1.CC.COC1OCCC1O.S=Cn1ccnc1. The maximum absolute atomic E-state index is 8.94. The summed E-state index contributed by atoms with van der Waals surface area (Å²) in [5.41, 5.74) is 1.52. The molecule has 1 aliphatic heterocycles. The normalized spacial score (nSPS) is 21.6. The van der Waals surface area contributed by atoms with Crippen LogP contribution in [0.1, 0.15) is 39.5 Å². The second-order valence-corrected chi connectivity index (χ2v) is 4.56. The summed E-state index contributed by atoms with van der Waals surface area (Å²) in [6.45, 7) is 4.61. The van der Waals surface area contributed by atoms with Gasteiger partial charge in [0.1, 0.15) is 6.10 Å². The van der Waals surface area contributed by atoms with Gasteiger partial charge in [0, 0.05) is 25.9 Å². The van der Waals surface area contributed by atoms with Gasteiger partial charge in [-0.15, -0.1) is 0 Å². The summed E-state index contributed by atoms with van der Waals surface area (Å²) in [6, 6.07) is 0. The number of rotatable bonds is 2. The van der Waals surface area contributed by atoms with E-state index < -0.39 is 6.10 Å². The first kappa shape index (κ1) is 20.9. The number of hydrogen-bond acceptors (Lipinski definition) is 5. The maximum Gasteiger partial charge on any atom is 0.183 e. The Bertz CT molecular complexity index is 377. The van der Waals surface area contributed by atoms with Crippen molar-refractivity contribution in [2.24, 2.45) is 0 Å². The lowest BCUT2D eigenvalue weighted by Gasteiger charge is -2.09. The number of hydrogen-bond donors (Lipinski definition) is 1. The predicted octanol–water partition coefficient (Wildman–Crippen LogP) is 3.18. The van der Waals surface area contributed by atoms with E-state index in [0.29, 0.717) is 13.0 Å². The molecule has 0 amide bonds. The Morgan fingerprint density at radius 2 is 2.05 bits per heavy atom. The van der Waals surface area contributed by atoms with Crippen LogP contribution in [0.5, 0.6) is 0 Å². The van der Waals surface area contributed by atoms with Crippen LogP contribution in [0.3, 0.4) is 0 Å². The van der Waals surface area contributed by atoms with Crippen LogP contribution in [-0.4, -0.2) is 46.3 Å². The Kier molecular flexibility index (Phi) is 14.1. The zero-order chi connectivity index (χ0) is 16.6. The number of aromatic nitrogens is 2. The van der Waals surface area contributed by atoms with Gasteiger partial charge in [-0.05, 0) is 19.3 Å². The fourth-order valence-electron chi connectivity index (χ4n) is 1.70. The van der Waals surface area contributed by atoms with Gasteiger partial charge in [-0.3, -0.25) is 0 Å². The van der Waals surface area contributed by atoms with Crippen molar-refractivity contribution in [2.75, 3.05) is 13.7 Å². The lowest BCUT2D eigenvalue weighted by molar-refractivity contribution is -0.131. The second kappa shape index (κ2) is 14.8. The van der Waals surface area contributed by atoms with Crippen LogP contribution in [0.4, 0.5) is 0 Å². The van der Waals surface area contributed by atoms with Crippen molar-refractivity contribution < 1.29 is 14.6 Å². The first-order valence-corrected chi connectivity index (χ1v) is 8.15. The molecular formula is C16H28N2O3S. The average Bonchev–Trinajstić information content (AvgIpc) is 3.33. The van der Waals surface area contributed by atoms with Gasteiger partial charge in [0.2, 0.25) is 0 Å². The molecule has 1 saturated heterocycles. The van der Waals surface area contributed by atoms with Crippen LogP contribution < -0.4 is 0 Å². The zero-order valence-electron chi connectivity index (χ0n) is 13.7. The molecule has 2 heterocycles. The lowest BCUT2D eigenvalue weighted by Crippen LogP contribution is -2.22. The summed E-state index contributed by atoms with van der Waals surface area (Å²) in [5.74, 6) is 0. The Morgan fingerprint density at radius 3 is 2.27 bits per heavy atom. The molecule has 5 nitrogen and oxygen atoms in total. The Morgan fingerprint density at radius 1 is 1.36 bits per heavy atom. The van der Waals surface area contributed by atoms with Crippen molar-refractivity contribution in [2.45, 2.75) is 51.9 Å². The number of nitrogens with zero attached hydrogens (tertiary/aromatic N) is 2. The molecule has 2 unspecified atom stereocenters. The van der Waals surface area contributed by atoms with Crippen LogP contribution in [0.25, 0.3) is 0 Å². The molecule has 0 radical (unpaired) electrons. The molecule has 0 spiro atoms. The van der Waals surface area contributed by atoms with E-state index in [4.69, 9.17) is 14.6 Å². The van der Waals surface area contributed by atoms with Crippen LogP contribution in [0, 0.1) is 0 Å².